The smallest absolute Gasteiger partial charge is 0.813 e. The van der Waals surface area contributed by atoms with Gasteiger partial charge in [-0.1, -0.05) is 151 Å². The minimum atomic E-state index is -2.48. The summed E-state index contributed by atoms with van der Waals surface area (Å²) in [6.45, 7) is 84.1. The number of aliphatic hydroxyl groups excluding tert-OH is 1. The molecule has 0 aliphatic rings. The molecule has 0 heterocycles. The molecule has 55 heteroatoms. The molecule has 142 heavy (non-hydrogen) atoms. The van der Waals surface area contributed by atoms with Crippen molar-refractivity contribution in [3.8, 4) is 12.1 Å². The van der Waals surface area contributed by atoms with Crippen molar-refractivity contribution < 1.29 is 191 Å². The standard InChI is InChI=1S/C28H56O7S2Si5.C25H51BrO6Si5.C17H46O5Si5.C8H6Br2O.C3H5OS.2C2H3N.CH3BS.CH3.B3.BH3NPS.2K.H2S/c1-13-15-22-38(3,4)32-40(7,8)34-42(11,12)35-41(9,10)33-39(5,6)23-16-21-31-27(29)26-19-17-25(18-20-26)24-37-28(36)30-14-2;1-12-13-20-33(2,3)29-35(6,7)31-37(10,11)32-36(8,9)30-34(4,5)21-14-19-28-25(27)24-17-15-23(22-26)16-18-24;1-12-13-16-23(2,3)19-25(6,7)21-27(10,11)22-26(8,9)20-24(4,5)17-14-15-18;9-5-6-1-3-7(4-2-6)8(10)11;1-2-4-3-5;3*1-2-3;;1-3-2;3-1-2-4;;;/h17-20H,13-16,21-24H2,1-12H3;15-18H,12-14,19-22H2,1-11H3;18H,12-17H2,1-11H3;1-4H,5H2;2H2,1H3;3*1H3;1H3;;4H,3H2;;;1H2/q;;;;-1;;;;-1;;;2*+1;/p-1. The molecular weight excluding hydrogens is 2420 g/mol. The van der Waals surface area contributed by atoms with Crippen LogP contribution in [0.3, 0.4) is 0 Å². The van der Waals surface area contributed by atoms with Crippen LogP contribution >= 0.6 is 118 Å². The Labute approximate surface area is 1030 Å². The summed E-state index contributed by atoms with van der Waals surface area (Å²) in [5.41, 5.74) is 7.29. The molecule has 0 spiro atoms. The van der Waals surface area contributed by atoms with Gasteiger partial charge in [0.15, 0.2) is 49.9 Å². The quantitative estimate of drug-likeness (QED) is 0.00507. The number of nitriles is 2. The molecule has 1 N–H and O–H groups in total. The molecule has 0 saturated carbocycles. The van der Waals surface area contributed by atoms with Gasteiger partial charge >= 0.3 is 250 Å². The third kappa shape index (κ3) is 103. The zero-order valence-electron chi connectivity index (χ0n) is 94.9. The van der Waals surface area contributed by atoms with Crippen LogP contribution in [0, 0.1) is 30.1 Å². The largest absolute Gasteiger partial charge is 1.00 e. The molecule has 0 aromatic heterocycles. The van der Waals surface area contributed by atoms with Gasteiger partial charge in [0.1, 0.15) is 0 Å². The molecule has 5 radical (unpaired) electrons. The van der Waals surface area contributed by atoms with Crippen LogP contribution in [0.5, 0.6) is 0 Å². The summed E-state index contributed by atoms with van der Waals surface area (Å²) in [5.74, 6) is 0.117. The Kier molecular flexibility index (Phi) is 107. The second-order valence-corrected chi connectivity index (χ2v) is 103. The first kappa shape index (κ1) is 169. The zero-order chi connectivity index (χ0) is 109. The number of hydrogen-bond donors (Lipinski definition) is 2. The second kappa shape index (κ2) is 90.0. The van der Waals surface area contributed by atoms with Gasteiger partial charge in [-0.3, -0.25) is 4.79 Å². The van der Waals surface area contributed by atoms with Crippen molar-refractivity contribution >= 4 is 320 Å². The van der Waals surface area contributed by atoms with E-state index in [-0.39, 0.29) is 147 Å². The van der Waals surface area contributed by atoms with Crippen LogP contribution in [-0.4, -0.2) is 227 Å². The Bertz CT molecular complexity index is 3870. The van der Waals surface area contributed by atoms with Crippen LogP contribution in [0.1, 0.15) is 154 Å². The Morgan fingerprint density at radius 1 is 0.451 bits per heavy atom. The van der Waals surface area contributed by atoms with Crippen LogP contribution in [0.2, 0.25) is 239 Å². The van der Waals surface area contributed by atoms with E-state index in [2.05, 4.69) is 341 Å². The summed E-state index contributed by atoms with van der Waals surface area (Å²) < 4.78 is 104. The number of nitrogens with zero attached hydrogens (tertiary/aromatic N) is 3. The molecule has 1 atom stereocenters. The first-order valence-corrected chi connectivity index (χ1v) is 97.5. The SMILES string of the molecule is CB=S.CC#N.CC#N.CCCC[Si](C)(C)O[Si](C)(C)O[Si](C)(C)O[Si](C)(C)O[Si](C)(C)CCCO.CCCC[Si](C)(C)O[Si](C)(C)O[Si](C)(C)O[Si](C)(C)O[Si](C)(C)CCCOC(=O)c1ccc(CBr)cc1.CCCC[Si](C)(C)O[Si](C)(C)O[Si](C)(C)O[Si](C)(C)O[Si](C)(C)CCCOC(=O)c1ccc(CSC(=S)OCC)cc1.CCO[C-]=S.O=C(Br)c1ccc(CBr)cc1.PB=NS.[B][B][B].[CH3-].[K+].[K+].[SH-]. The molecule has 0 aliphatic carbocycles. The summed E-state index contributed by atoms with van der Waals surface area (Å²) >= 11 is 28.2. The number of unbranched alkanes of at least 4 members (excludes halogenated alkanes) is 3. The maximum absolute atomic E-state index is 12.6. The fourth-order valence-corrected chi connectivity index (χ4v) is 90.8. The maximum Gasteiger partial charge on any atom is 1.00 e. The van der Waals surface area contributed by atoms with Gasteiger partial charge in [0.05, 0.1) is 43.1 Å². The number of alkyl halides is 2. The summed E-state index contributed by atoms with van der Waals surface area (Å²) in [7, 11) is -20.3. The van der Waals surface area contributed by atoms with Crippen molar-refractivity contribution in [3.05, 3.63) is 114 Å². The average Bonchev–Trinajstić information content (AvgIpc) is 0.818. The van der Waals surface area contributed by atoms with Gasteiger partial charge < -0.3 is 107 Å². The molecule has 0 bridgehead atoms. The van der Waals surface area contributed by atoms with Gasteiger partial charge in [-0.05, 0) is 335 Å². The van der Waals surface area contributed by atoms with Crippen molar-refractivity contribution in [1.82, 2.24) is 0 Å². The van der Waals surface area contributed by atoms with Crippen LogP contribution < -0.4 is 103 Å². The van der Waals surface area contributed by atoms with E-state index in [0.717, 1.165) is 78.3 Å². The summed E-state index contributed by atoms with van der Waals surface area (Å²) in [6.07, 6.45) is 11.1. The molecule has 0 fully saturated rings. The molecule has 803 valence electrons. The Hall–Kier alpha value is 4.30. The number of esters is 2. The van der Waals surface area contributed by atoms with E-state index in [1.54, 1.807) is 42.6 Å². The van der Waals surface area contributed by atoms with Crippen LogP contribution in [0.25, 0.3) is 0 Å². The van der Waals surface area contributed by atoms with E-state index < -0.39 is 127 Å². The number of carbonyl (C=O) groups is 3. The molecule has 3 aromatic carbocycles. The van der Waals surface area contributed by atoms with E-state index in [1.165, 1.54) is 82.5 Å². The predicted molar refractivity (Wildman–Crippen MR) is 669 cm³/mol. The minimum absolute atomic E-state index is 0. The normalized spacial score (nSPS) is 11.7. The molecule has 0 aliphatic heterocycles. The monoisotopic (exact) mass is 2600 g/mol. The predicted octanol–water partition coefficient (Wildman–Crippen LogP) is 22.9. The summed E-state index contributed by atoms with van der Waals surface area (Å²) in [5, 5.41) is 25.3. The number of benzene rings is 3. The number of carbonyl (C=O) groups excluding carboxylic acids is 3. The van der Waals surface area contributed by atoms with Crippen LogP contribution in [-0.2, 0) is 98.2 Å². The van der Waals surface area contributed by atoms with Crippen molar-refractivity contribution in [2.45, 2.75) is 362 Å². The second-order valence-electron chi connectivity index (χ2n) is 39.3. The van der Waals surface area contributed by atoms with E-state index in [1.807, 2.05) is 69.2 Å². The van der Waals surface area contributed by atoms with E-state index >= 15 is 0 Å². The van der Waals surface area contributed by atoms with Crippen molar-refractivity contribution in [2.24, 2.45) is 4.30 Å². The fraction of sp³-hybridized carbons (Fsp3) is 0.701. The Balaban J connectivity index is -0.000000173. The average molecular weight is 2610 g/mol. The zero-order valence-corrected chi connectivity index (χ0v) is 127. The van der Waals surface area contributed by atoms with E-state index in [9.17, 15) is 14.4 Å². The number of thiocarbonyl (C=S) groups is 2. The number of thiol groups is 2. The molecule has 23 nitrogen and oxygen atoms in total. The number of thioether (sulfide) groups is 1. The van der Waals surface area contributed by atoms with Gasteiger partial charge in [-0.15, -0.1) is 0 Å². The molecule has 0 saturated heterocycles. The Morgan fingerprint density at radius 3 is 0.845 bits per heavy atom. The first-order valence-electron chi connectivity index (χ1n) is 47.1. The topological polar surface area (TPSA) is 279 Å². The van der Waals surface area contributed by atoms with Crippen molar-refractivity contribution in [1.29, 1.82) is 10.5 Å². The van der Waals surface area contributed by atoms with Gasteiger partial charge in [0.2, 0.25) is 9.08 Å². The van der Waals surface area contributed by atoms with E-state index in [0.29, 0.717) is 53.3 Å². The summed E-state index contributed by atoms with van der Waals surface area (Å²) in [4.78, 5) is 35.6. The van der Waals surface area contributed by atoms with Gasteiger partial charge in [-0.2, -0.15) is 10.5 Å². The number of hydrogen-bond acceptors (Lipinski definition) is 29. The van der Waals surface area contributed by atoms with Gasteiger partial charge in [-0.25, -0.2) is 15.1 Å². The van der Waals surface area contributed by atoms with E-state index in [4.69, 9.17) is 91.4 Å². The third-order valence-corrected chi connectivity index (χ3v) is 79.2. The number of aliphatic hydroxyl groups is 1. The molecule has 0 amide bonds. The molecule has 3 aromatic rings. The number of rotatable bonds is 54. The minimum Gasteiger partial charge on any atom is -0.813 e. The first-order chi connectivity index (χ1) is 63.2. The number of halogens is 3. The molecule has 3 rings (SSSR count). The molecule has 1 unspecified atom stereocenters. The van der Waals surface area contributed by atoms with Crippen LogP contribution in [0.15, 0.2) is 77.1 Å². The molecular formula is C87H180B5Br3K2N3O20PS6Si15-. The number of ether oxygens (including phenoxy) is 4. The fourth-order valence-electron chi connectivity index (χ4n) is 14.4. The van der Waals surface area contributed by atoms with Crippen LogP contribution in [0.4, 0.5) is 0 Å². The Morgan fingerprint density at radius 2 is 0.662 bits per heavy atom. The van der Waals surface area contributed by atoms with Gasteiger partial charge in [0, 0.05) is 71.6 Å². The summed E-state index contributed by atoms with van der Waals surface area (Å²) in [6, 6.07) is 32.1. The maximum atomic E-state index is 12.6. The van der Waals surface area contributed by atoms with Gasteiger partial charge in [0.25, 0.3) is 0 Å². The third-order valence-electron chi connectivity index (χ3n) is 17.5. The van der Waals surface area contributed by atoms with Crippen molar-refractivity contribution in [2.75, 3.05) is 33.0 Å². The van der Waals surface area contributed by atoms with Crippen molar-refractivity contribution in [3.63, 3.8) is 0 Å².